The number of nitrogens with zero attached hydrogens (tertiary/aromatic N) is 6. The van der Waals surface area contributed by atoms with Crippen LogP contribution < -0.4 is 10.2 Å². The molecule has 0 saturated carbocycles. The average Bonchev–Trinajstić information content (AvgIpc) is 3.04. The summed E-state index contributed by atoms with van der Waals surface area (Å²) >= 11 is 0. The van der Waals surface area contributed by atoms with E-state index in [0.29, 0.717) is 17.4 Å². The van der Waals surface area contributed by atoms with Gasteiger partial charge >= 0.3 is 0 Å². The Hall–Kier alpha value is -3.00. The first-order chi connectivity index (χ1) is 15.0. The molecule has 0 radical (unpaired) electrons. The van der Waals surface area contributed by atoms with Crippen LogP contribution in [0.15, 0.2) is 30.6 Å². The molecule has 2 N–H and O–H groups in total. The molecule has 1 saturated heterocycles. The molecule has 8 heteroatoms. The summed E-state index contributed by atoms with van der Waals surface area (Å²) in [6.07, 6.45) is 5.55. The highest BCUT2D eigenvalue weighted by atomic mass is 16.3. The van der Waals surface area contributed by atoms with E-state index in [1.54, 1.807) is 18.5 Å². The smallest absolute Gasteiger partial charge is 0.185 e. The van der Waals surface area contributed by atoms with Crippen LogP contribution in [-0.2, 0) is 7.05 Å². The predicted octanol–water partition coefficient (Wildman–Crippen LogP) is 3.70. The van der Waals surface area contributed by atoms with E-state index in [1.807, 2.05) is 30.8 Å². The molecule has 4 rings (SSSR count). The van der Waals surface area contributed by atoms with Crippen molar-refractivity contribution in [3.8, 4) is 28.3 Å². The minimum atomic E-state index is 0.0433. The zero-order valence-corrected chi connectivity index (χ0v) is 20.0. The summed E-state index contributed by atoms with van der Waals surface area (Å²) in [5.74, 6) is 1.25. The van der Waals surface area contributed by atoms with E-state index in [2.05, 4.69) is 65.2 Å². The summed E-state index contributed by atoms with van der Waals surface area (Å²) in [6, 6.07) is 5.83. The zero-order valence-electron chi connectivity index (χ0n) is 20.0. The number of hydrogen-bond donors (Lipinski definition) is 2. The van der Waals surface area contributed by atoms with Gasteiger partial charge in [0.2, 0.25) is 0 Å². The molecule has 2 aromatic heterocycles. The first-order valence-corrected chi connectivity index (χ1v) is 11.0. The number of anilines is 1. The van der Waals surface area contributed by atoms with Gasteiger partial charge in [-0.05, 0) is 65.2 Å². The second-order valence-electron chi connectivity index (χ2n) is 10.2. The molecule has 170 valence electrons. The lowest BCUT2D eigenvalue weighted by Gasteiger charge is -2.49. The first-order valence-electron chi connectivity index (χ1n) is 11.0. The molecular formula is C24H33N7O. The van der Waals surface area contributed by atoms with E-state index in [0.717, 1.165) is 35.5 Å². The van der Waals surface area contributed by atoms with Gasteiger partial charge in [-0.3, -0.25) is 4.68 Å². The largest absolute Gasteiger partial charge is 0.507 e. The molecule has 3 heterocycles. The highest BCUT2D eigenvalue weighted by Crippen LogP contribution is 2.34. The topological polar surface area (TPSA) is 92.0 Å². The summed E-state index contributed by atoms with van der Waals surface area (Å²) in [5.41, 5.74) is 3.56. The molecule has 0 atom stereocenters. The molecule has 0 aliphatic carbocycles. The second kappa shape index (κ2) is 7.85. The van der Waals surface area contributed by atoms with Gasteiger partial charge in [0.1, 0.15) is 5.75 Å². The van der Waals surface area contributed by atoms with Crippen LogP contribution in [0.5, 0.6) is 5.75 Å². The van der Waals surface area contributed by atoms with Gasteiger partial charge < -0.3 is 15.3 Å². The molecule has 32 heavy (non-hydrogen) atoms. The summed E-state index contributed by atoms with van der Waals surface area (Å²) in [6.45, 7) is 10.9. The van der Waals surface area contributed by atoms with Gasteiger partial charge in [0.15, 0.2) is 11.6 Å². The van der Waals surface area contributed by atoms with Gasteiger partial charge in [0.25, 0.3) is 0 Å². The number of aryl methyl sites for hydroxylation is 1. The van der Waals surface area contributed by atoms with Gasteiger partial charge in [-0.1, -0.05) is 6.07 Å². The monoisotopic (exact) mass is 435 g/mol. The van der Waals surface area contributed by atoms with Crippen molar-refractivity contribution >= 4 is 5.82 Å². The van der Waals surface area contributed by atoms with Crippen molar-refractivity contribution in [1.29, 1.82) is 0 Å². The van der Waals surface area contributed by atoms with E-state index < -0.39 is 0 Å². The van der Waals surface area contributed by atoms with Crippen LogP contribution in [0.25, 0.3) is 22.5 Å². The molecule has 0 spiro atoms. The van der Waals surface area contributed by atoms with E-state index in [-0.39, 0.29) is 16.8 Å². The number of piperidine rings is 1. The normalized spacial score (nSPS) is 18.0. The van der Waals surface area contributed by atoms with Gasteiger partial charge in [-0.2, -0.15) is 5.10 Å². The van der Waals surface area contributed by atoms with Gasteiger partial charge in [-0.25, -0.2) is 4.98 Å². The second-order valence-corrected chi connectivity index (χ2v) is 10.2. The Balaban J connectivity index is 1.55. The molecule has 0 bridgehead atoms. The number of aromatic hydroxyl groups is 1. The van der Waals surface area contributed by atoms with Crippen LogP contribution in [0.2, 0.25) is 0 Å². The quantitative estimate of drug-likeness (QED) is 0.645. The van der Waals surface area contributed by atoms with Crippen LogP contribution in [0.4, 0.5) is 5.82 Å². The molecule has 1 fully saturated rings. The highest BCUT2D eigenvalue weighted by Gasteiger charge is 2.39. The Morgan fingerprint density at radius 2 is 1.75 bits per heavy atom. The molecule has 1 aromatic carbocycles. The summed E-state index contributed by atoms with van der Waals surface area (Å²) in [7, 11) is 3.95. The van der Waals surface area contributed by atoms with Gasteiger partial charge in [-0.15, -0.1) is 10.2 Å². The minimum Gasteiger partial charge on any atom is -0.507 e. The molecule has 1 aliphatic heterocycles. The van der Waals surface area contributed by atoms with E-state index >= 15 is 0 Å². The number of aromatic nitrogens is 5. The maximum absolute atomic E-state index is 10.6. The maximum Gasteiger partial charge on any atom is 0.185 e. The first kappa shape index (κ1) is 22.2. The van der Waals surface area contributed by atoms with E-state index in [9.17, 15) is 5.11 Å². The SMILES string of the molecule is Cc1c(-c2ccc(-c3ncc(N(C)C4CC(C)(C)NC(C)(C)C4)nn3)c(O)c2)cnn1C. The number of hydrogen-bond acceptors (Lipinski definition) is 7. The molecule has 0 amide bonds. The summed E-state index contributed by atoms with van der Waals surface area (Å²) in [5, 5.41) is 27.4. The lowest BCUT2D eigenvalue weighted by molar-refractivity contribution is 0.160. The van der Waals surface area contributed by atoms with Crippen LogP contribution in [0, 0.1) is 6.92 Å². The zero-order chi connectivity index (χ0) is 23.3. The van der Waals surface area contributed by atoms with Crippen molar-refractivity contribution in [1.82, 2.24) is 30.3 Å². The number of benzene rings is 1. The van der Waals surface area contributed by atoms with Crippen LogP contribution in [0.3, 0.4) is 0 Å². The van der Waals surface area contributed by atoms with Crippen LogP contribution in [-0.4, -0.2) is 54.2 Å². The Kier molecular flexibility index (Phi) is 5.45. The van der Waals surface area contributed by atoms with Crippen LogP contribution in [0.1, 0.15) is 46.2 Å². The number of phenolic OH excluding ortho intramolecular Hbond substituents is 1. The van der Waals surface area contributed by atoms with Crippen molar-refractivity contribution in [2.24, 2.45) is 7.05 Å². The summed E-state index contributed by atoms with van der Waals surface area (Å²) < 4.78 is 1.81. The van der Waals surface area contributed by atoms with E-state index in [1.165, 1.54) is 0 Å². The predicted molar refractivity (Wildman–Crippen MR) is 127 cm³/mol. The highest BCUT2D eigenvalue weighted by molar-refractivity contribution is 5.73. The third-order valence-corrected chi connectivity index (χ3v) is 6.41. The van der Waals surface area contributed by atoms with Crippen molar-refractivity contribution in [2.45, 2.75) is 64.6 Å². The van der Waals surface area contributed by atoms with Crippen molar-refractivity contribution < 1.29 is 5.11 Å². The molecule has 8 nitrogen and oxygen atoms in total. The standard InChI is InChI=1S/C24H33N7O/c1-15-19(13-26-31(15)7)16-8-9-18(20(32)10-16)22-25-14-21(27-28-22)30(6)17-11-23(2,3)29-24(4,5)12-17/h8-10,13-14,17,29,32H,11-12H2,1-7H3. The number of rotatable bonds is 4. The molecule has 1 aliphatic rings. The molecule has 0 unspecified atom stereocenters. The Morgan fingerprint density at radius 3 is 2.28 bits per heavy atom. The number of phenols is 1. The Morgan fingerprint density at radius 1 is 1.06 bits per heavy atom. The third kappa shape index (κ3) is 4.32. The van der Waals surface area contributed by atoms with Crippen molar-refractivity contribution in [3.63, 3.8) is 0 Å². The lowest BCUT2D eigenvalue weighted by atomic mass is 9.79. The van der Waals surface area contributed by atoms with Crippen molar-refractivity contribution in [2.75, 3.05) is 11.9 Å². The Labute approximate surface area is 189 Å². The third-order valence-electron chi connectivity index (χ3n) is 6.41. The molecular weight excluding hydrogens is 402 g/mol. The number of nitrogens with one attached hydrogen (secondary N) is 1. The lowest BCUT2D eigenvalue weighted by Crippen LogP contribution is -2.62. The minimum absolute atomic E-state index is 0.0433. The fourth-order valence-corrected chi connectivity index (χ4v) is 4.95. The van der Waals surface area contributed by atoms with Gasteiger partial charge in [0, 0.05) is 42.5 Å². The maximum atomic E-state index is 10.6. The average molecular weight is 436 g/mol. The Bertz CT molecular complexity index is 1100. The van der Waals surface area contributed by atoms with Gasteiger partial charge in [0.05, 0.1) is 18.0 Å². The molecule has 3 aromatic rings. The van der Waals surface area contributed by atoms with Crippen LogP contribution >= 0.6 is 0 Å². The summed E-state index contributed by atoms with van der Waals surface area (Å²) in [4.78, 5) is 6.68. The fourth-order valence-electron chi connectivity index (χ4n) is 4.95. The van der Waals surface area contributed by atoms with E-state index in [4.69, 9.17) is 0 Å². The van der Waals surface area contributed by atoms with Crippen molar-refractivity contribution in [3.05, 3.63) is 36.3 Å². The fraction of sp³-hybridized carbons (Fsp3) is 0.500.